The number of halogens is 3. The molecule has 11 heteroatoms. The van der Waals surface area contributed by atoms with Crippen LogP contribution < -0.4 is 10.6 Å². The normalized spacial score (nSPS) is 16.4. The predicted octanol–water partition coefficient (Wildman–Crippen LogP) is 2.98. The maximum atomic E-state index is 13.0. The van der Waals surface area contributed by atoms with Crippen LogP contribution in [0.5, 0.6) is 0 Å². The van der Waals surface area contributed by atoms with Gasteiger partial charge in [-0.05, 0) is 13.3 Å². The number of nitrogens with one attached hydrogen (secondary N) is 2. The minimum atomic E-state index is -4.52. The zero-order chi connectivity index (χ0) is 19.2. The van der Waals surface area contributed by atoms with Crippen LogP contribution in [0.1, 0.15) is 29.4 Å². The van der Waals surface area contributed by atoms with Gasteiger partial charge in [0.2, 0.25) is 5.95 Å². The summed E-state index contributed by atoms with van der Waals surface area (Å²) in [5, 5.41) is 9.84. The number of imidazole rings is 1. The Morgan fingerprint density at radius 1 is 1.22 bits per heavy atom. The molecule has 142 valence electrons. The molecule has 0 saturated heterocycles. The first-order chi connectivity index (χ1) is 12.9. The summed E-state index contributed by atoms with van der Waals surface area (Å²) in [5.41, 5.74) is 1.64. The highest BCUT2D eigenvalue weighted by molar-refractivity contribution is 5.58. The lowest BCUT2D eigenvalue weighted by Gasteiger charge is -2.14. The van der Waals surface area contributed by atoms with E-state index in [1.807, 2.05) is 17.8 Å². The van der Waals surface area contributed by atoms with Crippen LogP contribution in [0, 0.1) is 6.92 Å². The van der Waals surface area contributed by atoms with Gasteiger partial charge in [0.25, 0.3) is 0 Å². The number of rotatable bonds is 4. The number of hydrogen-bond donors (Lipinski definition) is 2. The maximum Gasteiger partial charge on any atom is 0.421 e. The van der Waals surface area contributed by atoms with E-state index in [2.05, 4.69) is 35.3 Å². The fourth-order valence-electron chi connectivity index (χ4n) is 3.27. The summed E-state index contributed by atoms with van der Waals surface area (Å²) in [6.07, 6.45) is 2.38. The Labute approximate surface area is 152 Å². The number of aromatic nitrogens is 6. The summed E-state index contributed by atoms with van der Waals surface area (Å²) in [4.78, 5) is 11.9. The van der Waals surface area contributed by atoms with Gasteiger partial charge in [0, 0.05) is 19.8 Å². The molecule has 0 fully saturated rings. The molecule has 2 N–H and O–H groups in total. The zero-order valence-electron chi connectivity index (χ0n) is 14.6. The Balaban J connectivity index is 1.61. The molecular weight excluding hydrogens is 361 g/mol. The number of nitrogens with zero attached hydrogens (tertiary/aromatic N) is 6. The molecule has 0 aliphatic carbocycles. The van der Waals surface area contributed by atoms with Gasteiger partial charge < -0.3 is 15.2 Å². The molecule has 4 rings (SSSR count). The van der Waals surface area contributed by atoms with Crippen molar-refractivity contribution >= 4 is 17.5 Å². The average molecular weight is 378 g/mol. The van der Waals surface area contributed by atoms with Crippen molar-refractivity contribution < 1.29 is 13.2 Å². The summed E-state index contributed by atoms with van der Waals surface area (Å²) >= 11 is 0. The summed E-state index contributed by atoms with van der Waals surface area (Å²) in [7, 11) is 1.38. The Morgan fingerprint density at radius 2 is 2.04 bits per heavy atom. The molecule has 4 heterocycles. The molecule has 0 spiro atoms. The molecule has 1 aliphatic heterocycles. The van der Waals surface area contributed by atoms with Gasteiger partial charge in [0.1, 0.15) is 11.4 Å². The number of fused-ring (bicyclic) bond motifs is 1. The van der Waals surface area contributed by atoms with E-state index in [-0.39, 0.29) is 17.8 Å². The van der Waals surface area contributed by atoms with Crippen LogP contribution in [0.25, 0.3) is 0 Å². The molecule has 0 radical (unpaired) electrons. The smallest absolute Gasteiger partial charge is 0.372 e. The van der Waals surface area contributed by atoms with E-state index in [1.165, 1.54) is 7.05 Å². The quantitative estimate of drug-likeness (QED) is 0.726. The van der Waals surface area contributed by atoms with Crippen LogP contribution in [0.3, 0.4) is 0 Å². The third-order valence-electron chi connectivity index (χ3n) is 4.65. The van der Waals surface area contributed by atoms with Crippen LogP contribution >= 0.6 is 0 Å². The second-order valence-electron chi connectivity index (χ2n) is 6.23. The van der Waals surface area contributed by atoms with E-state index in [0.29, 0.717) is 5.69 Å². The van der Waals surface area contributed by atoms with Gasteiger partial charge >= 0.3 is 6.18 Å². The first-order valence-corrected chi connectivity index (χ1v) is 8.31. The lowest BCUT2D eigenvalue weighted by Crippen LogP contribution is -2.13. The fraction of sp³-hybridized carbons (Fsp3) is 0.375. The van der Waals surface area contributed by atoms with Gasteiger partial charge in [-0.25, -0.2) is 9.97 Å². The Hall–Kier alpha value is -3.11. The van der Waals surface area contributed by atoms with E-state index >= 15 is 0 Å². The standard InChI is InChI=1S/C16H17F3N8/c1-9-11(6-23-27(9)12-3-4-26-8-21-7-13(12)26)24-15-22-5-10(16(17,18)19)14(20-2)25-15/h5-8,12H,3-4H2,1-2H3,(H2,20,22,24,25)/t12-/m0/s1. The minimum Gasteiger partial charge on any atom is -0.372 e. The average Bonchev–Trinajstić information content (AvgIpc) is 3.31. The topological polar surface area (TPSA) is 85.5 Å². The van der Waals surface area contributed by atoms with Gasteiger partial charge in [-0.1, -0.05) is 0 Å². The molecule has 0 saturated carbocycles. The molecule has 3 aromatic heterocycles. The van der Waals surface area contributed by atoms with Crippen LogP contribution in [0.4, 0.5) is 30.6 Å². The lowest BCUT2D eigenvalue weighted by molar-refractivity contribution is -0.137. The Bertz CT molecular complexity index is 974. The van der Waals surface area contributed by atoms with Gasteiger partial charge in [0.05, 0.1) is 41.8 Å². The van der Waals surface area contributed by atoms with Gasteiger partial charge in [-0.15, -0.1) is 0 Å². The Kier molecular flexibility index (Phi) is 4.01. The van der Waals surface area contributed by atoms with Gasteiger partial charge in [-0.2, -0.15) is 23.3 Å². The molecule has 0 amide bonds. The van der Waals surface area contributed by atoms with Gasteiger partial charge in [0.15, 0.2) is 0 Å². The monoisotopic (exact) mass is 378 g/mol. The van der Waals surface area contributed by atoms with Crippen LogP contribution in [0.15, 0.2) is 24.9 Å². The SMILES string of the molecule is CNc1nc(Nc2cnn([C@H]3CCn4cncc43)c2C)ncc1C(F)(F)F. The van der Waals surface area contributed by atoms with E-state index in [4.69, 9.17) is 0 Å². The van der Waals surface area contributed by atoms with Crippen LogP contribution in [-0.2, 0) is 12.7 Å². The molecule has 3 aromatic rings. The second kappa shape index (κ2) is 6.25. The molecule has 0 aromatic carbocycles. The van der Waals surface area contributed by atoms with Crippen molar-refractivity contribution in [1.29, 1.82) is 0 Å². The third kappa shape index (κ3) is 2.98. The molecule has 1 aliphatic rings. The molecule has 1 atom stereocenters. The highest BCUT2D eigenvalue weighted by Crippen LogP contribution is 2.35. The van der Waals surface area contributed by atoms with Crippen molar-refractivity contribution in [3.8, 4) is 0 Å². The molecule has 8 nitrogen and oxygen atoms in total. The van der Waals surface area contributed by atoms with E-state index in [9.17, 15) is 13.2 Å². The highest BCUT2D eigenvalue weighted by Gasteiger charge is 2.35. The van der Waals surface area contributed by atoms with Crippen molar-refractivity contribution in [3.05, 3.63) is 41.9 Å². The molecule has 0 unspecified atom stereocenters. The summed E-state index contributed by atoms with van der Waals surface area (Å²) < 4.78 is 42.9. The molecule has 27 heavy (non-hydrogen) atoms. The maximum absolute atomic E-state index is 13.0. The van der Waals surface area contributed by atoms with Crippen LogP contribution in [-0.4, -0.2) is 36.3 Å². The zero-order valence-corrected chi connectivity index (χ0v) is 14.6. The van der Waals surface area contributed by atoms with Crippen LogP contribution in [0.2, 0.25) is 0 Å². The first kappa shape index (κ1) is 17.3. The second-order valence-corrected chi connectivity index (χ2v) is 6.23. The van der Waals surface area contributed by atoms with E-state index in [1.54, 1.807) is 12.5 Å². The van der Waals surface area contributed by atoms with Crippen molar-refractivity contribution in [2.45, 2.75) is 32.1 Å². The number of alkyl halides is 3. The first-order valence-electron chi connectivity index (χ1n) is 8.31. The summed E-state index contributed by atoms with van der Waals surface area (Å²) in [6, 6.07) is 0.0736. The predicted molar refractivity (Wildman–Crippen MR) is 91.8 cm³/mol. The van der Waals surface area contributed by atoms with Crippen molar-refractivity contribution in [2.75, 3.05) is 17.7 Å². The van der Waals surface area contributed by atoms with Crippen molar-refractivity contribution in [2.24, 2.45) is 0 Å². The van der Waals surface area contributed by atoms with E-state index < -0.39 is 11.7 Å². The summed E-state index contributed by atoms with van der Waals surface area (Å²) in [5.74, 6) is -0.226. The number of aryl methyl sites for hydroxylation is 1. The molecular formula is C16H17F3N8. The fourth-order valence-corrected chi connectivity index (χ4v) is 3.27. The molecule has 0 bridgehead atoms. The summed E-state index contributed by atoms with van der Waals surface area (Å²) in [6.45, 7) is 2.76. The van der Waals surface area contributed by atoms with Gasteiger partial charge in [-0.3, -0.25) is 4.68 Å². The Morgan fingerprint density at radius 3 is 2.78 bits per heavy atom. The third-order valence-corrected chi connectivity index (χ3v) is 4.65. The van der Waals surface area contributed by atoms with Crippen molar-refractivity contribution in [3.63, 3.8) is 0 Å². The number of anilines is 3. The van der Waals surface area contributed by atoms with Crippen molar-refractivity contribution in [1.82, 2.24) is 29.3 Å². The lowest BCUT2D eigenvalue weighted by atomic mass is 10.2. The number of hydrogen-bond acceptors (Lipinski definition) is 6. The highest BCUT2D eigenvalue weighted by atomic mass is 19.4. The largest absolute Gasteiger partial charge is 0.421 e. The van der Waals surface area contributed by atoms with E-state index in [0.717, 1.165) is 30.6 Å². The minimum absolute atomic E-state index is 0.0615.